The third-order valence-electron chi connectivity index (χ3n) is 7.60. The van der Waals surface area contributed by atoms with Gasteiger partial charge in [-0.15, -0.1) is 0 Å². The molecule has 33 heavy (non-hydrogen) atoms. The quantitative estimate of drug-likeness (QED) is 0.669. The molecule has 4 atom stereocenters. The molecule has 6 nitrogen and oxygen atoms in total. The number of benzene rings is 2. The third-order valence-corrected chi connectivity index (χ3v) is 7.60. The summed E-state index contributed by atoms with van der Waals surface area (Å²) in [5, 5.41) is 2.87. The van der Waals surface area contributed by atoms with Crippen LogP contribution in [-0.4, -0.2) is 35.2 Å². The summed E-state index contributed by atoms with van der Waals surface area (Å²) in [7, 11) is 0. The monoisotopic (exact) mass is 455 g/mol. The van der Waals surface area contributed by atoms with Crippen molar-refractivity contribution in [1.29, 1.82) is 0 Å². The number of imide groups is 1. The lowest BCUT2D eigenvalue weighted by Gasteiger charge is -2.37. The number of para-hydroxylation sites is 1. The van der Waals surface area contributed by atoms with Crippen LogP contribution in [0.1, 0.15) is 29.5 Å². The molecule has 4 aliphatic rings. The van der Waals surface area contributed by atoms with Crippen LogP contribution in [0.3, 0.4) is 0 Å². The van der Waals surface area contributed by atoms with Gasteiger partial charge in [-0.25, -0.2) is 4.90 Å². The van der Waals surface area contributed by atoms with E-state index in [4.69, 9.17) is 0 Å². The number of alkyl halides is 3. The predicted octanol–water partition coefficient (Wildman–Crippen LogP) is 3.45. The fourth-order valence-electron chi connectivity index (χ4n) is 6.46. The van der Waals surface area contributed by atoms with Crippen LogP contribution in [0.5, 0.6) is 0 Å². The Bertz CT molecular complexity index is 1240. The number of amides is 3. The number of carbonyl (C=O) groups is 3. The fourth-order valence-corrected chi connectivity index (χ4v) is 6.46. The second-order valence-corrected chi connectivity index (χ2v) is 9.20. The molecule has 1 spiro atoms. The summed E-state index contributed by atoms with van der Waals surface area (Å²) in [5.41, 5.74) is -0.833. The lowest BCUT2D eigenvalue weighted by molar-refractivity contribution is -0.138. The number of hydrogen-bond acceptors (Lipinski definition) is 4. The molecule has 0 bridgehead atoms. The first-order valence-corrected chi connectivity index (χ1v) is 10.9. The smallest absolute Gasteiger partial charge is 0.324 e. The number of carbonyl (C=O) groups excluding carboxylic acids is 3. The Hall–Kier alpha value is -3.20. The molecule has 3 saturated heterocycles. The van der Waals surface area contributed by atoms with Crippen molar-refractivity contribution in [1.82, 2.24) is 4.90 Å². The van der Waals surface area contributed by atoms with Crippen molar-refractivity contribution < 1.29 is 27.6 Å². The van der Waals surface area contributed by atoms with Crippen LogP contribution in [0.15, 0.2) is 42.5 Å². The standard InChI is InChI=1S/C24H20F3N3O3/c1-12-8-9-15-14(11-12)23(22(33)28-15)19-18(17-7-4-10-29(17)23)20(31)30(21(19)32)16-6-3-2-5-13(16)24(25,26)27/h2-3,5-6,8-9,11,17-19H,4,7,10H2,1H3,(H,28,33)/t17-,18-,19-,23+/m0/s1. The van der Waals surface area contributed by atoms with E-state index in [0.717, 1.165) is 24.1 Å². The van der Waals surface area contributed by atoms with Gasteiger partial charge in [0.15, 0.2) is 0 Å². The molecular formula is C24H20F3N3O3. The van der Waals surface area contributed by atoms with E-state index in [0.29, 0.717) is 29.1 Å². The van der Waals surface area contributed by atoms with Gasteiger partial charge < -0.3 is 5.32 Å². The molecule has 2 aromatic carbocycles. The first kappa shape index (κ1) is 20.4. The van der Waals surface area contributed by atoms with E-state index >= 15 is 0 Å². The largest absolute Gasteiger partial charge is 0.418 e. The molecule has 0 unspecified atom stereocenters. The normalized spacial score (nSPS) is 30.7. The van der Waals surface area contributed by atoms with Crippen molar-refractivity contribution >= 4 is 29.1 Å². The van der Waals surface area contributed by atoms with E-state index in [2.05, 4.69) is 5.32 Å². The number of fused-ring (bicyclic) bond motifs is 7. The zero-order valence-electron chi connectivity index (χ0n) is 17.6. The van der Waals surface area contributed by atoms with E-state index in [1.165, 1.54) is 12.1 Å². The fraction of sp³-hybridized carbons (Fsp3) is 0.375. The van der Waals surface area contributed by atoms with Gasteiger partial charge in [0.05, 0.1) is 23.1 Å². The highest BCUT2D eigenvalue weighted by atomic mass is 19.4. The van der Waals surface area contributed by atoms with Crippen molar-refractivity contribution in [2.75, 3.05) is 16.8 Å². The van der Waals surface area contributed by atoms with E-state index in [1.54, 1.807) is 6.07 Å². The molecule has 4 heterocycles. The number of anilines is 2. The van der Waals surface area contributed by atoms with Crippen molar-refractivity contribution in [3.05, 3.63) is 59.2 Å². The first-order valence-electron chi connectivity index (χ1n) is 10.9. The first-order chi connectivity index (χ1) is 15.7. The highest BCUT2D eigenvalue weighted by Gasteiger charge is 2.74. The van der Waals surface area contributed by atoms with Gasteiger partial charge in [0.2, 0.25) is 17.7 Å². The van der Waals surface area contributed by atoms with Gasteiger partial charge in [-0.1, -0.05) is 29.8 Å². The van der Waals surface area contributed by atoms with Crippen LogP contribution in [0.4, 0.5) is 24.5 Å². The lowest BCUT2D eigenvalue weighted by atomic mass is 9.75. The Morgan fingerprint density at radius 3 is 2.58 bits per heavy atom. The van der Waals surface area contributed by atoms with Crippen molar-refractivity contribution in [3.8, 4) is 0 Å². The summed E-state index contributed by atoms with van der Waals surface area (Å²) in [6.45, 7) is 2.41. The Morgan fingerprint density at radius 1 is 1.06 bits per heavy atom. The van der Waals surface area contributed by atoms with Crippen LogP contribution >= 0.6 is 0 Å². The van der Waals surface area contributed by atoms with Crippen molar-refractivity contribution in [2.24, 2.45) is 11.8 Å². The molecule has 170 valence electrons. The molecule has 3 fully saturated rings. The maximum Gasteiger partial charge on any atom is 0.418 e. The second kappa shape index (κ2) is 6.44. The Balaban J connectivity index is 1.56. The number of hydrogen-bond donors (Lipinski definition) is 1. The molecule has 0 saturated carbocycles. The van der Waals surface area contributed by atoms with Gasteiger partial charge in [-0.3, -0.25) is 19.3 Å². The summed E-state index contributed by atoms with van der Waals surface area (Å²) in [5.74, 6) is -3.77. The van der Waals surface area contributed by atoms with Gasteiger partial charge in [0.25, 0.3) is 0 Å². The summed E-state index contributed by atoms with van der Waals surface area (Å²) in [4.78, 5) is 43.7. The third kappa shape index (κ3) is 2.40. The number of rotatable bonds is 1. The van der Waals surface area contributed by atoms with E-state index < -0.39 is 52.5 Å². The highest BCUT2D eigenvalue weighted by Crippen LogP contribution is 2.61. The van der Waals surface area contributed by atoms with Gasteiger partial charge in [-0.2, -0.15) is 13.2 Å². The highest BCUT2D eigenvalue weighted by molar-refractivity contribution is 6.26. The topological polar surface area (TPSA) is 69.7 Å². The molecule has 3 amide bonds. The Morgan fingerprint density at radius 2 is 1.82 bits per heavy atom. The number of halogens is 3. The molecule has 1 N–H and O–H groups in total. The maximum atomic E-state index is 13.8. The van der Waals surface area contributed by atoms with E-state index in [9.17, 15) is 27.6 Å². The van der Waals surface area contributed by atoms with Crippen molar-refractivity contribution in [3.63, 3.8) is 0 Å². The maximum absolute atomic E-state index is 13.8. The minimum absolute atomic E-state index is 0.383. The zero-order chi connectivity index (χ0) is 23.3. The minimum Gasteiger partial charge on any atom is -0.324 e. The average Bonchev–Trinajstić information content (AvgIpc) is 3.46. The van der Waals surface area contributed by atoms with Gasteiger partial charge >= 0.3 is 6.18 Å². The molecular weight excluding hydrogens is 435 g/mol. The van der Waals surface area contributed by atoms with Crippen LogP contribution < -0.4 is 10.2 Å². The van der Waals surface area contributed by atoms with Gasteiger partial charge in [-0.05, 0) is 44.5 Å². The van der Waals surface area contributed by atoms with Crippen molar-refractivity contribution in [2.45, 2.75) is 37.5 Å². The number of nitrogens with one attached hydrogen (secondary N) is 1. The number of aryl methyl sites for hydroxylation is 1. The minimum atomic E-state index is -4.74. The number of nitrogens with zero attached hydrogens (tertiary/aromatic N) is 2. The summed E-state index contributed by atoms with van der Waals surface area (Å²) in [6.07, 6.45) is -3.39. The second-order valence-electron chi connectivity index (χ2n) is 9.20. The summed E-state index contributed by atoms with van der Waals surface area (Å²) >= 11 is 0. The summed E-state index contributed by atoms with van der Waals surface area (Å²) in [6, 6.07) is 9.68. The molecule has 0 aliphatic carbocycles. The van der Waals surface area contributed by atoms with Crippen LogP contribution in [-0.2, 0) is 26.1 Å². The van der Waals surface area contributed by atoms with Crippen LogP contribution in [0.25, 0.3) is 0 Å². The molecule has 2 aromatic rings. The van der Waals surface area contributed by atoms with E-state index in [1.807, 2.05) is 24.0 Å². The van der Waals surface area contributed by atoms with E-state index in [-0.39, 0.29) is 6.04 Å². The lowest BCUT2D eigenvalue weighted by Crippen LogP contribution is -2.54. The SMILES string of the molecule is Cc1ccc2c(c1)[C@]1(C(=O)N2)[C@@H]2C(=O)N(c3ccccc3C(F)(F)F)C(=O)[C@H]2[C@@H]2CCCN21. The summed E-state index contributed by atoms with van der Waals surface area (Å²) < 4.78 is 41.2. The van der Waals surface area contributed by atoms with Crippen LogP contribution in [0.2, 0.25) is 0 Å². The molecule has 4 aliphatic heterocycles. The average molecular weight is 455 g/mol. The Labute approximate surface area is 187 Å². The molecule has 0 radical (unpaired) electrons. The van der Waals surface area contributed by atoms with Gasteiger partial charge in [0.1, 0.15) is 5.54 Å². The van der Waals surface area contributed by atoms with Crippen LogP contribution in [0, 0.1) is 18.8 Å². The predicted molar refractivity (Wildman–Crippen MR) is 112 cm³/mol. The Kier molecular flexibility index (Phi) is 3.98. The zero-order valence-corrected chi connectivity index (χ0v) is 17.6. The molecule has 6 rings (SSSR count). The molecule has 0 aromatic heterocycles. The molecule has 9 heteroatoms. The van der Waals surface area contributed by atoms with Gasteiger partial charge in [0, 0.05) is 17.3 Å².